The van der Waals surface area contributed by atoms with Crippen LogP contribution >= 0.6 is 0 Å². The topological polar surface area (TPSA) is 27.7 Å². The molecule has 0 spiro atoms. The van der Waals surface area contributed by atoms with E-state index in [2.05, 4.69) is 0 Å². The molecule has 3 rings (SSSR count). The molecule has 0 aliphatic carbocycles. The highest BCUT2D eigenvalue weighted by atomic mass is 19.2. The molecular formula is C21H17F3O3. The molecule has 0 aliphatic heterocycles. The van der Waals surface area contributed by atoms with E-state index in [4.69, 9.17) is 14.2 Å². The van der Waals surface area contributed by atoms with Gasteiger partial charge in [-0.1, -0.05) is 12.1 Å². The summed E-state index contributed by atoms with van der Waals surface area (Å²) in [7, 11) is 2.74. The highest BCUT2D eigenvalue weighted by molar-refractivity contribution is 5.65. The van der Waals surface area contributed by atoms with Gasteiger partial charge in [-0.05, 0) is 42.0 Å². The van der Waals surface area contributed by atoms with Gasteiger partial charge in [0.05, 0.1) is 14.2 Å². The molecule has 0 heterocycles. The number of benzene rings is 3. The number of ether oxygens (including phenoxy) is 3. The molecule has 3 aromatic rings. The molecule has 0 amide bonds. The fourth-order valence-corrected chi connectivity index (χ4v) is 2.59. The van der Waals surface area contributed by atoms with Gasteiger partial charge in [0, 0.05) is 17.2 Å². The quantitative estimate of drug-likeness (QED) is 0.581. The Hall–Kier alpha value is -3.15. The van der Waals surface area contributed by atoms with Crippen molar-refractivity contribution in [2.24, 2.45) is 0 Å². The fourth-order valence-electron chi connectivity index (χ4n) is 2.59. The van der Waals surface area contributed by atoms with Crippen molar-refractivity contribution < 1.29 is 27.4 Å². The lowest BCUT2D eigenvalue weighted by Crippen LogP contribution is -2.02. The first-order valence-corrected chi connectivity index (χ1v) is 8.11. The molecule has 0 fully saturated rings. The molecule has 0 radical (unpaired) electrons. The van der Waals surface area contributed by atoms with E-state index in [1.54, 1.807) is 36.4 Å². The summed E-state index contributed by atoms with van der Waals surface area (Å²) < 4.78 is 57.0. The molecule has 0 N–H and O–H groups in total. The number of halogens is 3. The summed E-state index contributed by atoms with van der Waals surface area (Å²) in [4.78, 5) is 0. The third-order valence-electron chi connectivity index (χ3n) is 4.08. The van der Waals surface area contributed by atoms with Gasteiger partial charge >= 0.3 is 0 Å². The highest BCUT2D eigenvalue weighted by Crippen LogP contribution is 2.28. The molecule has 0 aliphatic rings. The molecule has 0 atom stereocenters. The molecular weight excluding hydrogens is 357 g/mol. The van der Waals surface area contributed by atoms with Gasteiger partial charge in [0.1, 0.15) is 23.9 Å². The van der Waals surface area contributed by atoms with Crippen molar-refractivity contribution in [1.29, 1.82) is 0 Å². The minimum absolute atomic E-state index is 0.0681. The van der Waals surface area contributed by atoms with Crippen LogP contribution in [0.25, 0.3) is 11.1 Å². The van der Waals surface area contributed by atoms with Crippen molar-refractivity contribution in [1.82, 2.24) is 0 Å². The van der Waals surface area contributed by atoms with Crippen LogP contribution in [0.2, 0.25) is 0 Å². The lowest BCUT2D eigenvalue weighted by Gasteiger charge is -2.10. The molecule has 3 nitrogen and oxygen atoms in total. The normalized spacial score (nSPS) is 10.6. The van der Waals surface area contributed by atoms with Gasteiger partial charge in [-0.3, -0.25) is 0 Å². The third kappa shape index (κ3) is 4.00. The number of hydrogen-bond donors (Lipinski definition) is 0. The Morgan fingerprint density at radius 2 is 1.44 bits per heavy atom. The molecule has 0 aromatic heterocycles. The van der Waals surface area contributed by atoms with E-state index in [0.717, 1.165) is 0 Å². The summed E-state index contributed by atoms with van der Waals surface area (Å²) in [5.74, 6) is -1.75. The third-order valence-corrected chi connectivity index (χ3v) is 4.08. The van der Waals surface area contributed by atoms with Gasteiger partial charge in [0.25, 0.3) is 0 Å². The second-order valence-corrected chi connectivity index (χ2v) is 5.71. The number of hydrogen-bond acceptors (Lipinski definition) is 3. The standard InChI is InChI=1S/C21H17F3O3/c1-25-16-8-9-17(18(22)11-16)13-3-6-15(7-4-13)27-12-14-5-10-19(26-2)21(24)20(14)23/h3-11H,12H2,1-2H3. The zero-order valence-corrected chi connectivity index (χ0v) is 14.8. The van der Waals surface area contributed by atoms with Crippen LogP contribution < -0.4 is 14.2 Å². The van der Waals surface area contributed by atoms with Crippen molar-refractivity contribution in [3.05, 3.63) is 77.6 Å². The molecule has 0 saturated carbocycles. The van der Waals surface area contributed by atoms with Gasteiger partial charge in [-0.25, -0.2) is 8.78 Å². The van der Waals surface area contributed by atoms with Crippen LogP contribution in [0, 0.1) is 17.5 Å². The second-order valence-electron chi connectivity index (χ2n) is 5.71. The Balaban J connectivity index is 1.72. The van der Waals surface area contributed by atoms with E-state index in [1.807, 2.05) is 0 Å². The van der Waals surface area contributed by atoms with Crippen LogP contribution in [0.3, 0.4) is 0 Å². The minimum atomic E-state index is -1.05. The first-order valence-electron chi connectivity index (χ1n) is 8.11. The molecule has 0 saturated heterocycles. The predicted molar refractivity (Wildman–Crippen MR) is 95.6 cm³/mol. The van der Waals surface area contributed by atoms with Crippen molar-refractivity contribution in [2.75, 3.05) is 14.2 Å². The summed E-state index contributed by atoms with van der Waals surface area (Å²) >= 11 is 0. The van der Waals surface area contributed by atoms with Crippen molar-refractivity contribution in [2.45, 2.75) is 6.61 Å². The number of methoxy groups -OCH3 is 2. The van der Waals surface area contributed by atoms with E-state index in [9.17, 15) is 13.2 Å². The largest absolute Gasteiger partial charge is 0.497 e. The van der Waals surface area contributed by atoms with Crippen molar-refractivity contribution >= 4 is 0 Å². The van der Waals surface area contributed by atoms with Gasteiger partial charge in [0.2, 0.25) is 5.82 Å². The average Bonchev–Trinajstić information content (AvgIpc) is 2.69. The second kappa shape index (κ2) is 8.03. The summed E-state index contributed by atoms with van der Waals surface area (Å²) in [6, 6.07) is 14.0. The Bertz CT molecular complexity index is 940. The summed E-state index contributed by atoms with van der Waals surface area (Å²) in [5, 5.41) is 0. The maximum atomic E-state index is 14.1. The van der Waals surface area contributed by atoms with Crippen LogP contribution in [0.5, 0.6) is 17.2 Å². The maximum absolute atomic E-state index is 14.1. The smallest absolute Gasteiger partial charge is 0.201 e. The molecule has 27 heavy (non-hydrogen) atoms. The molecule has 3 aromatic carbocycles. The van der Waals surface area contributed by atoms with Crippen LogP contribution in [0.15, 0.2) is 54.6 Å². The summed E-state index contributed by atoms with van der Waals surface area (Å²) in [5.41, 5.74) is 1.15. The summed E-state index contributed by atoms with van der Waals surface area (Å²) in [6.45, 7) is -0.150. The van der Waals surface area contributed by atoms with E-state index >= 15 is 0 Å². The fraction of sp³-hybridized carbons (Fsp3) is 0.143. The van der Waals surface area contributed by atoms with E-state index < -0.39 is 17.5 Å². The molecule has 0 bridgehead atoms. The van der Waals surface area contributed by atoms with Crippen LogP contribution in [-0.2, 0) is 6.61 Å². The van der Waals surface area contributed by atoms with Crippen LogP contribution in [0.4, 0.5) is 13.2 Å². The van der Waals surface area contributed by atoms with Gasteiger partial charge in [0.15, 0.2) is 11.6 Å². The van der Waals surface area contributed by atoms with Gasteiger partial charge < -0.3 is 14.2 Å². The Labute approximate surface area is 154 Å². The lowest BCUT2D eigenvalue weighted by atomic mass is 10.0. The van der Waals surface area contributed by atoms with E-state index in [0.29, 0.717) is 22.6 Å². The van der Waals surface area contributed by atoms with Crippen molar-refractivity contribution in [3.8, 4) is 28.4 Å². The van der Waals surface area contributed by atoms with Gasteiger partial charge in [-0.2, -0.15) is 4.39 Å². The zero-order valence-electron chi connectivity index (χ0n) is 14.8. The SMILES string of the molecule is COc1ccc(-c2ccc(OCc3ccc(OC)c(F)c3F)cc2)c(F)c1. The first-order chi connectivity index (χ1) is 13.0. The highest BCUT2D eigenvalue weighted by Gasteiger charge is 2.14. The zero-order chi connectivity index (χ0) is 19.4. The maximum Gasteiger partial charge on any atom is 0.201 e. The van der Waals surface area contributed by atoms with Gasteiger partial charge in [-0.15, -0.1) is 0 Å². The predicted octanol–water partition coefficient (Wildman–Crippen LogP) is 5.37. The Kier molecular flexibility index (Phi) is 5.54. The number of rotatable bonds is 6. The first kappa shape index (κ1) is 18.6. The monoisotopic (exact) mass is 374 g/mol. The Morgan fingerprint density at radius 1 is 0.741 bits per heavy atom. The van der Waals surface area contributed by atoms with Crippen LogP contribution in [-0.4, -0.2) is 14.2 Å². The lowest BCUT2D eigenvalue weighted by molar-refractivity contribution is 0.294. The average molecular weight is 374 g/mol. The van der Waals surface area contributed by atoms with Crippen LogP contribution in [0.1, 0.15) is 5.56 Å². The summed E-state index contributed by atoms with van der Waals surface area (Å²) in [6.07, 6.45) is 0. The Morgan fingerprint density at radius 3 is 2.07 bits per heavy atom. The van der Waals surface area contributed by atoms with E-state index in [1.165, 1.54) is 32.4 Å². The molecule has 6 heteroatoms. The van der Waals surface area contributed by atoms with Crippen molar-refractivity contribution in [3.63, 3.8) is 0 Å². The molecule has 140 valence electrons. The van der Waals surface area contributed by atoms with E-state index in [-0.39, 0.29) is 17.9 Å². The minimum Gasteiger partial charge on any atom is -0.497 e. The molecule has 0 unspecified atom stereocenters.